The van der Waals surface area contributed by atoms with E-state index < -0.39 is 26.4 Å². The van der Waals surface area contributed by atoms with E-state index in [1.54, 1.807) is 26.0 Å². The Morgan fingerprint density at radius 1 is 1.33 bits per heavy atom. The van der Waals surface area contributed by atoms with Gasteiger partial charge in [0, 0.05) is 18.3 Å². The van der Waals surface area contributed by atoms with Crippen molar-refractivity contribution in [3.05, 3.63) is 35.6 Å². The van der Waals surface area contributed by atoms with E-state index in [1.807, 2.05) is 0 Å². The van der Waals surface area contributed by atoms with Gasteiger partial charge >= 0.3 is 0 Å². The van der Waals surface area contributed by atoms with Gasteiger partial charge in [0.15, 0.2) is 9.84 Å². The highest BCUT2D eigenvalue weighted by Crippen LogP contribution is 2.62. The molecule has 1 aliphatic rings. The highest BCUT2D eigenvalue weighted by atomic mass is 32.2. The summed E-state index contributed by atoms with van der Waals surface area (Å²) in [5.74, 6) is -0.869. The Balaban J connectivity index is 2.42. The molecule has 114 valence electrons. The number of hydrogen-bond acceptors (Lipinski definition) is 4. The maximum atomic E-state index is 13.0. The van der Waals surface area contributed by atoms with E-state index >= 15 is 0 Å². The molecule has 1 saturated carbocycles. The lowest BCUT2D eigenvalue weighted by atomic mass is 10.0. The largest absolute Gasteiger partial charge is 0.380 e. The first-order valence-electron chi connectivity index (χ1n) is 6.89. The number of sulfone groups is 1. The quantitative estimate of drug-likeness (QED) is 0.808. The first-order chi connectivity index (χ1) is 9.93. The molecule has 0 bridgehead atoms. The van der Waals surface area contributed by atoms with Crippen LogP contribution in [0.4, 0.5) is 4.39 Å². The van der Waals surface area contributed by atoms with E-state index in [4.69, 9.17) is 4.74 Å². The molecule has 1 fully saturated rings. The van der Waals surface area contributed by atoms with Crippen molar-refractivity contribution in [2.24, 2.45) is 5.41 Å². The van der Waals surface area contributed by atoms with Gasteiger partial charge in [-0.15, -0.1) is 0 Å². The lowest BCUT2D eigenvalue weighted by Gasteiger charge is -2.09. The Bertz CT molecular complexity index is 650. The van der Waals surface area contributed by atoms with Gasteiger partial charge in [0.25, 0.3) is 0 Å². The summed E-state index contributed by atoms with van der Waals surface area (Å²) in [4.78, 5) is 0. The highest BCUT2D eigenvalue weighted by Gasteiger charge is 2.71. The second kappa shape index (κ2) is 5.74. The van der Waals surface area contributed by atoms with Crippen molar-refractivity contribution in [2.45, 2.75) is 25.0 Å². The van der Waals surface area contributed by atoms with Gasteiger partial charge in [-0.25, -0.2) is 12.8 Å². The van der Waals surface area contributed by atoms with Gasteiger partial charge in [-0.05, 0) is 24.6 Å². The molecule has 0 aromatic heterocycles. The number of halogens is 1. The van der Waals surface area contributed by atoms with Crippen LogP contribution in [0.15, 0.2) is 24.3 Å². The van der Waals surface area contributed by atoms with Crippen molar-refractivity contribution >= 4 is 9.84 Å². The fourth-order valence-electron chi connectivity index (χ4n) is 2.86. The molecule has 0 heterocycles. The molecule has 1 aromatic rings. The van der Waals surface area contributed by atoms with Crippen molar-refractivity contribution in [1.82, 2.24) is 0 Å². The Hall–Kier alpha value is -1.45. The second-order valence-corrected chi connectivity index (χ2v) is 7.60. The number of rotatable bonds is 6. The summed E-state index contributed by atoms with van der Waals surface area (Å²) in [6, 6.07) is 7.80. The number of nitriles is 1. The second-order valence-electron chi connectivity index (χ2n) is 5.19. The molecule has 0 saturated heterocycles. The fourth-order valence-corrected chi connectivity index (χ4v) is 4.87. The molecule has 0 unspecified atom stereocenters. The highest BCUT2D eigenvalue weighted by molar-refractivity contribution is 7.92. The minimum atomic E-state index is -3.38. The van der Waals surface area contributed by atoms with Crippen LogP contribution in [0.2, 0.25) is 0 Å². The Kier molecular flexibility index (Phi) is 4.35. The topological polar surface area (TPSA) is 67.2 Å². The van der Waals surface area contributed by atoms with Gasteiger partial charge in [0.2, 0.25) is 0 Å². The van der Waals surface area contributed by atoms with Crippen molar-refractivity contribution in [3.8, 4) is 6.07 Å². The molecule has 21 heavy (non-hydrogen) atoms. The molecule has 0 radical (unpaired) electrons. The van der Waals surface area contributed by atoms with Crippen LogP contribution in [0.1, 0.15) is 25.3 Å². The molecular weight excluding hydrogens is 293 g/mol. The van der Waals surface area contributed by atoms with Gasteiger partial charge in [0.1, 0.15) is 11.2 Å². The van der Waals surface area contributed by atoms with Crippen LogP contribution in [-0.2, 0) is 14.6 Å². The molecule has 2 rings (SSSR count). The third-order valence-electron chi connectivity index (χ3n) is 4.03. The average Bonchev–Trinajstić information content (AvgIpc) is 3.16. The van der Waals surface area contributed by atoms with Crippen LogP contribution in [0.5, 0.6) is 0 Å². The summed E-state index contributed by atoms with van der Waals surface area (Å²) in [5, 5.41) is 8.75. The van der Waals surface area contributed by atoms with Crippen LogP contribution in [0.25, 0.3) is 0 Å². The van der Waals surface area contributed by atoms with Crippen molar-refractivity contribution in [1.29, 1.82) is 5.26 Å². The van der Waals surface area contributed by atoms with E-state index in [0.717, 1.165) is 0 Å². The summed E-state index contributed by atoms with van der Waals surface area (Å²) in [5.41, 5.74) is -0.400. The van der Waals surface area contributed by atoms with Crippen LogP contribution >= 0.6 is 0 Å². The van der Waals surface area contributed by atoms with Crippen LogP contribution in [0, 0.1) is 22.6 Å². The van der Waals surface area contributed by atoms with E-state index in [0.29, 0.717) is 12.2 Å². The van der Waals surface area contributed by atoms with E-state index in [9.17, 15) is 18.1 Å². The van der Waals surface area contributed by atoms with Gasteiger partial charge in [-0.3, -0.25) is 0 Å². The average molecular weight is 311 g/mol. The lowest BCUT2D eigenvalue weighted by molar-refractivity contribution is 0.117. The normalized spacial score (nSPS) is 28.1. The smallest absolute Gasteiger partial charge is 0.155 e. The zero-order valence-corrected chi connectivity index (χ0v) is 12.9. The molecule has 0 amide bonds. The molecule has 0 spiro atoms. The number of hydrogen-bond donors (Lipinski definition) is 0. The first-order valence-corrected chi connectivity index (χ1v) is 8.60. The summed E-state index contributed by atoms with van der Waals surface area (Å²) in [7, 11) is -3.38. The molecular formula is C15H18FNO3S. The monoisotopic (exact) mass is 311 g/mol. The lowest BCUT2D eigenvalue weighted by Crippen LogP contribution is -2.20. The van der Waals surface area contributed by atoms with Crippen molar-refractivity contribution < 1.29 is 17.5 Å². The summed E-state index contributed by atoms with van der Waals surface area (Å²) in [6.45, 7) is 3.85. The van der Waals surface area contributed by atoms with E-state index in [1.165, 1.54) is 12.1 Å². The molecule has 1 aromatic carbocycles. The van der Waals surface area contributed by atoms with E-state index in [-0.39, 0.29) is 18.2 Å². The first kappa shape index (κ1) is 15.9. The van der Waals surface area contributed by atoms with Crippen molar-refractivity contribution in [3.63, 3.8) is 0 Å². The van der Waals surface area contributed by atoms with Gasteiger partial charge in [0.05, 0.1) is 17.9 Å². The molecule has 1 aliphatic carbocycles. The summed E-state index contributed by atoms with van der Waals surface area (Å²) >= 11 is 0. The number of ether oxygens (including phenoxy) is 1. The number of nitrogens with zero attached hydrogens (tertiary/aromatic N) is 1. The summed E-state index contributed by atoms with van der Waals surface area (Å²) < 4.78 is 42.9. The molecule has 6 heteroatoms. The van der Waals surface area contributed by atoms with E-state index in [2.05, 4.69) is 6.07 Å². The maximum Gasteiger partial charge on any atom is 0.155 e. The molecule has 0 aliphatic heterocycles. The van der Waals surface area contributed by atoms with Crippen molar-refractivity contribution in [2.75, 3.05) is 19.0 Å². The third-order valence-corrected chi connectivity index (χ3v) is 6.30. The predicted molar refractivity (Wildman–Crippen MR) is 76.9 cm³/mol. The van der Waals surface area contributed by atoms with Gasteiger partial charge in [-0.2, -0.15) is 5.26 Å². The third kappa shape index (κ3) is 2.68. The standard InChI is InChI=1S/C15H18FNO3S/c1-3-20-10-15(9-17)13(14(15)21(18,19)4-2)11-5-7-12(16)8-6-11/h5-8,13-14H,3-4,10H2,1-2H3/t13-,14-,15-/m0/s1. The Morgan fingerprint density at radius 2 is 1.95 bits per heavy atom. The zero-order valence-electron chi connectivity index (χ0n) is 12.0. The minimum absolute atomic E-state index is 0.0229. The fraction of sp³-hybridized carbons (Fsp3) is 0.533. The van der Waals surface area contributed by atoms with Gasteiger partial charge in [-0.1, -0.05) is 19.1 Å². The predicted octanol–water partition coefficient (Wildman–Crippen LogP) is 2.27. The minimum Gasteiger partial charge on any atom is -0.380 e. The Labute approximate surface area is 124 Å². The van der Waals surface area contributed by atoms with Crippen LogP contribution in [-0.4, -0.2) is 32.6 Å². The van der Waals surface area contributed by atoms with Gasteiger partial charge < -0.3 is 4.74 Å². The Morgan fingerprint density at radius 3 is 2.43 bits per heavy atom. The maximum absolute atomic E-state index is 13.0. The number of benzene rings is 1. The van der Waals surface area contributed by atoms with Crippen LogP contribution in [0.3, 0.4) is 0 Å². The molecule has 3 atom stereocenters. The molecule has 0 N–H and O–H groups in total. The SMILES string of the molecule is CCOC[C@@]1(C#N)[C@@H](c2ccc(F)cc2)[C@@H]1S(=O)(=O)CC. The molecule has 4 nitrogen and oxygen atoms in total. The summed E-state index contributed by atoms with van der Waals surface area (Å²) in [6.07, 6.45) is 0. The van der Waals surface area contributed by atoms with Crippen LogP contribution < -0.4 is 0 Å². The zero-order chi connectivity index (χ0) is 15.7.